The second-order valence-electron chi connectivity index (χ2n) is 5.79. The van der Waals surface area contributed by atoms with Crippen molar-refractivity contribution in [2.24, 2.45) is 0 Å². The Balaban J connectivity index is 1.28. The molecule has 1 aliphatic heterocycles. The third-order valence-electron chi connectivity index (χ3n) is 3.92. The minimum absolute atomic E-state index is 0.206. The van der Waals surface area contributed by atoms with Crippen LogP contribution in [0.5, 0.6) is 11.5 Å². The van der Waals surface area contributed by atoms with Gasteiger partial charge in [0.1, 0.15) is 12.7 Å². The van der Waals surface area contributed by atoms with Gasteiger partial charge in [-0.2, -0.15) is 5.10 Å². The second kappa shape index (κ2) is 7.14. The molecular formula is C18H17N5O3. The van der Waals surface area contributed by atoms with Crippen LogP contribution >= 0.6 is 0 Å². The van der Waals surface area contributed by atoms with E-state index in [1.54, 1.807) is 29.2 Å². The van der Waals surface area contributed by atoms with Crippen molar-refractivity contribution < 1.29 is 14.3 Å². The van der Waals surface area contributed by atoms with Crippen molar-refractivity contribution in [2.45, 2.75) is 13.1 Å². The van der Waals surface area contributed by atoms with E-state index in [4.69, 9.17) is 9.47 Å². The molecule has 1 aromatic heterocycles. The number of anilines is 1. The Labute approximate surface area is 149 Å². The van der Waals surface area contributed by atoms with E-state index in [-0.39, 0.29) is 12.8 Å². The molecule has 1 aliphatic rings. The highest BCUT2D eigenvalue weighted by molar-refractivity contribution is 5.89. The first-order chi connectivity index (χ1) is 12.8. The summed E-state index contributed by atoms with van der Waals surface area (Å²) in [6.07, 6.45) is 3.19. The molecule has 0 fully saturated rings. The smallest absolute Gasteiger partial charge is 0.319 e. The summed E-state index contributed by atoms with van der Waals surface area (Å²) in [4.78, 5) is 16.0. The van der Waals surface area contributed by atoms with Crippen molar-refractivity contribution in [3.63, 3.8) is 0 Å². The number of benzene rings is 2. The summed E-state index contributed by atoms with van der Waals surface area (Å²) in [7, 11) is 0. The molecule has 26 heavy (non-hydrogen) atoms. The average molecular weight is 351 g/mol. The number of nitrogens with zero attached hydrogens (tertiary/aromatic N) is 3. The van der Waals surface area contributed by atoms with Crippen molar-refractivity contribution in [3.8, 4) is 11.5 Å². The van der Waals surface area contributed by atoms with E-state index in [9.17, 15) is 4.79 Å². The number of urea groups is 1. The second-order valence-corrected chi connectivity index (χ2v) is 5.79. The van der Waals surface area contributed by atoms with Crippen LogP contribution in [0.3, 0.4) is 0 Å². The van der Waals surface area contributed by atoms with Crippen LogP contribution in [0.2, 0.25) is 0 Å². The Morgan fingerprint density at radius 3 is 2.69 bits per heavy atom. The highest BCUT2D eigenvalue weighted by Gasteiger charge is 2.14. The number of aromatic nitrogens is 3. The molecule has 0 saturated carbocycles. The highest BCUT2D eigenvalue weighted by Crippen LogP contribution is 2.34. The molecule has 0 spiro atoms. The molecule has 4 rings (SSSR count). The van der Waals surface area contributed by atoms with Gasteiger partial charge in [0, 0.05) is 18.3 Å². The first-order valence-electron chi connectivity index (χ1n) is 8.11. The third kappa shape index (κ3) is 3.75. The van der Waals surface area contributed by atoms with Crippen LogP contribution in [0.15, 0.2) is 55.1 Å². The van der Waals surface area contributed by atoms with Gasteiger partial charge in [-0.3, -0.25) is 0 Å². The van der Waals surface area contributed by atoms with Gasteiger partial charge in [0.25, 0.3) is 0 Å². The minimum atomic E-state index is -0.282. The predicted octanol–water partition coefficient (Wildman–Crippen LogP) is 2.38. The number of rotatable bonds is 5. The SMILES string of the molecule is O=C(NCc1ccc(Cn2cncn2)cc1)Nc1ccc2c(c1)OCO2. The molecule has 2 heterocycles. The molecule has 0 atom stereocenters. The summed E-state index contributed by atoms with van der Waals surface area (Å²) in [5.74, 6) is 1.31. The fourth-order valence-corrected chi connectivity index (χ4v) is 2.60. The fraction of sp³-hybridized carbons (Fsp3) is 0.167. The predicted molar refractivity (Wildman–Crippen MR) is 94.0 cm³/mol. The van der Waals surface area contributed by atoms with Gasteiger partial charge >= 0.3 is 6.03 Å². The normalized spacial score (nSPS) is 12.0. The summed E-state index contributed by atoms with van der Waals surface area (Å²) < 4.78 is 12.3. The van der Waals surface area contributed by atoms with Crippen molar-refractivity contribution in [1.82, 2.24) is 20.1 Å². The maximum Gasteiger partial charge on any atom is 0.319 e. The lowest BCUT2D eigenvalue weighted by atomic mass is 10.1. The van der Waals surface area contributed by atoms with E-state index in [2.05, 4.69) is 20.7 Å². The molecule has 0 aliphatic carbocycles. The number of hydrogen-bond acceptors (Lipinski definition) is 5. The first-order valence-corrected chi connectivity index (χ1v) is 8.11. The van der Waals surface area contributed by atoms with Gasteiger partial charge in [0.15, 0.2) is 11.5 Å². The topological polar surface area (TPSA) is 90.3 Å². The zero-order valence-corrected chi connectivity index (χ0v) is 13.9. The molecule has 8 heteroatoms. The van der Waals surface area contributed by atoms with Gasteiger partial charge in [-0.25, -0.2) is 14.5 Å². The van der Waals surface area contributed by atoms with E-state index in [1.165, 1.54) is 6.33 Å². The van der Waals surface area contributed by atoms with Crippen LogP contribution < -0.4 is 20.1 Å². The van der Waals surface area contributed by atoms with Gasteiger partial charge in [0.2, 0.25) is 6.79 Å². The van der Waals surface area contributed by atoms with E-state index in [1.807, 2.05) is 24.3 Å². The van der Waals surface area contributed by atoms with E-state index in [0.29, 0.717) is 30.3 Å². The molecule has 0 radical (unpaired) electrons. The van der Waals surface area contributed by atoms with Gasteiger partial charge < -0.3 is 20.1 Å². The molecule has 8 nitrogen and oxygen atoms in total. The van der Waals surface area contributed by atoms with Gasteiger partial charge in [-0.1, -0.05) is 24.3 Å². The molecule has 0 bridgehead atoms. The molecule has 0 saturated heterocycles. The number of carbonyl (C=O) groups excluding carboxylic acids is 1. The van der Waals surface area contributed by atoms with Crippen LogP contribution in [-0.2, 0) is 13.1 Å². The van der Waals surface area contributed by atoms with Gasteiger partial charge in [-0.15, -0.1) is 0 Å². The van der Waals surface area contributed by atoms with Crippen molar-refractivity contribution in [3.05, 3.63) is 66.2 Å². The summed E-state index contributed by atoms with van der Waals surface area (Å²) in [5, 5.41) is 9.69. The quantitative estimate of drug-likeness (QED) is 0.736. The van der Waals surface area contributed by atoms with E-state index in [0.717, 1.165) is 11.1 Å². The lowest BCUT2D eigenvalue weighted by Crippen LogP contribution is -2.28. The van der Waals surface area contributed by atoms with Crippen LogP contribution in [-0.4, -0.2) is 27.6 Å². The molecule has 132 valence electrons. The molecule has 0 unspecified atom stereocenters. The number of amides is 2. The summed E-state index contributed by atoms with van der Waals surface area (Å²) in [6, 6.07) is 13.0. The minimum Gasteiger partial charge on any atom is -0.454 e. The number of hydrogen-bond donors (Lipinski definition) is 2. The lowest BCUT2D eigenvalue weighted by molar-refractivity contribution is 0.174. The Morgan fingerprint density at radius 1 is 1.08 bits per heavy atom. The highest BCUT2D eigenvalue weighted by atomic mass is 16.7. The average Bonchev–Trinajstić information content (AvgIpc) is 3.32. The van der Waals surface area contributed by atoms with Crippen molar-refractivity contribution >= 4 is 11.7 Å². The zero-order chi connectivity index (χ0) is 17.8. The van der Waals surface area contributed by atoms with Crippen LogP contribution in [0.25, 0.3) is 0 Å². The third-order valence-corrected chi connectivity index (χ3v) is 3.92. The summed E-state index contributed by atoms with van der Waals surface area (Å²) in [6.45, 7) is 1.30. The Hall–Kier alpha value is -3.55. The number of carbonyl (C=O) groups is 1. The molecule has 2 aromatic carbocycles. The molecule has 2 N–H and O–H groups in total. The maximum absolute atomic E-state index is 12.1. The Morgan fingerprint density at radius 2 is 1.88 bits per heavy atom. The Bertz CT molecular complexity index is 894. The Kier molecular flexibility index (Phi) is 4.38. The van der Waals surface area contributed by atoms with Crippen LogP contribution in [0.4, 0.5) is 10.5 Å². The maximum atomic E-state index is 12.1. The summed E-state index contributed by atoms with van der Waals surface area (Å²) >= 11 is 0. The van der Waals surface area contributed by atoms with E-state index < -0.39 is 0 Å². The lowest BCUT2D eigenvalue weighted by Gasteiger charge is -2.09. The molecule has 2 amide bonds. The number of nitrogens with one attached hydrogen (secondary N) is 2. The van der Waals surface area contributed by atoms with Crippen LogP contribution in [0, 0.1) is 0 Å². The van der Waals surface area contributed by atoms with E-state index >= 15 is 0 Å². The van der Waals surface area contributed by atoms with Crippen molar-refractivity contribution in [2.75, 3.05) is 12.1 Å². The monoisotopic (exact) mass is 351 g/mol. The summed E-state index contributed by atoms with van der Waals surface area (Å²) in [5.41, 5.74) is 2.77. The fourth-order valence-electron chi connectivity index (χ4n) is 2.60. The number of ether oxygens (including phenoxy) is 2. The standard InChI is InChI=1S/C18H17N5O3/c24-18(22-15-5-6-16-17(7-15)26-12-25-16)20-8-13-1-3-14(4-2-13)9-23-11-19-10-21-23/h1-7,10-11H,8-9,12H2,(H2,20,22,24). The molecular weight excluding hydrogens is 334 g/mol. The van der Waals surface area contributed by atoms with Gasteiger partial charge in [-0.05, 0) is 23.3 Å². The van der Waals surface area contributed by atoms with Crippen molar-refractivity contribution in [1.29, 1.82) is 0 Å². The molecule has 3 aromatic rings. The zero-order valence-electron chi connectivity index (χ0n) is 13.9. The van der Waals surface area contributed by atoms with Gasteiger partial charge in [0.05, 0.1) is 6.54 Å². The van der Waals surface area contributed by atoms with Crippen LogP contribution in [0.1, 0.15) is 11.1 Å². The number of fused-ring (bicyclic) bond motifs is 1. The largest absolute Gasteiger partial charge is 0.454 e. The first kappa shape index (κ1) is 15.9.